The monoisotopic (exact) mass is 1370 g/mol. The molecule has 6 heteroatoms. The van der Waals surface area contributed by atoms with E-state index in [1.54, 1.807) is 10.6 Å². The van der Waals surface area contributed by atoms with Crippen molar-refractivity contribution >= 4 is 0 Å². The van der Waals surface area contributed by atoms with E-state index in [4.69, 9.17) is 4.11 Å². The van der Waals surface area contributed by atoms with Gasteiger partial charge in [-0.05, 0) is 246 Å². The van der Waals surface area contributed by atoms with Gasteiger partial charge in [0.05, 0.1) is 11.1 Å². The third kappa shape index (κ3) is 18.9. The molecule has 0 atom stereocenters. The highest BCUT2D eigenvalue weighted by molar-refractivity contribution is 5.71. The smallest absolute Gasteiger partial charge is 0.199 e. The van der Waals surface area contributed by atoms with E-state index in [0.717, 1.165) is 16.8 Å². The summed E-state index contributed by atoms with van der Waals surface area (Å²) in [6, 6.07) is 62.6. The Kier molecular flexibility index (Phi) is 25.7. The minimum Gasteiger partial charge on any atom is -0.199 e. The van der Waals surface area contributed by atoms with Gasteiger partial charge in [-0.25, -0.2) is 0 Å². The average molecular weight is 1380 g/mol. The summed E-state index contributed by atoms with van der Waals surface area (Å²) in [6.07, 6.45) is 0. The highest BCUT2D eigenvalue weighted by Crippen LogP contribution is 2.32. The van der Waals surface area contributed by atoms with Crippen LogP contribution in [0.4, 0.5) is 0 Å². The van der Waals surface area contributed by atoms with Gasteiger partial charge in [0.15, 0.2) is 34.2 Å². The maximum absolute atomic E-state index is 7.68. The molecule has 0 unspecified atom stereocenters. The standard InChI is InChI=1S/C17H22N.5C16H20N/c1-11-8-7-9-12(2)16(11)17-15(5)13(3)10-14(4)18(17)6;2*1-11-6-7-12(2)15(10-11)16-13(3)8-9-14(4)17(16)5;2*1-11-9-13(3)17(5)16(10-11)15-8-6-7-12(2)14(15)4;1-11-7-6-8-12(2)15(11)16-13(3)9-10-14(4)17(16)5/h7-10H,1-6H3;5*6-10H,1-5H3/q6*+1/i;;;3D3;;. The van der Waals surface area contributed by atoms with Crippen LogP contribution >= 0.6 is 0 Å². The zero-order valence-electron chi connectivity index (χ0n) is 71.4. The Labute approximate surface area is 626 Å². The van der Waals surface area contributed by atoms with Crippen molar-refractivity contribution < 1.29 is 31.5 Å². The highest BCUT2D eigenvalue weighted by atomic mass is 15.0. The first-order chi connectivity index (χ1) is 49.7. The lowest BCUT2D eigenvalue weighted by Crippen LogP contribution is -2.36. The Hall–Kier alpha value is -9.78. The fourth-order valence-corrected chi connectivity index (χ4v) is 14.0. The molecule has 6 aromatic carbocycles. The van der Waals surface area contributed by atoms with Gasteiger partial charge in [0.1, 0.15) is 42.3 Å². The molecule has 6 aromatic heterocycles. The lowest BCUT2D eigenvalue weighted by Gasteiger charge is -2.13. The Morgan fingerprint density at radius 1 is 0.204 bits per heavy atom. The summed E-state index contributed by atoms with van der Waals surface area (Å²) in [5.74, 6) is 0. The molecule has 0 spiro atoms. The van der Waals surface area contributed by atoms with Gasteiger partial charge in [-0.1, -0.05) is 96.1 Å². The van der Waals surface area contributed by atoms with Crippen molar-refractivity contribution in [1.29, 1.82) is 0 Å². The Morgan fingerprint density at radius 3 is 0.913 bits per heavy atom. The van der Waals surface area contributed by atoms with Crippen LogP contribution in [0.2, 0.25) is 0 Å². The normalized spacial score (nSPS) is 11.2. The fraction of sp³-hybridized carbons (Fsp3) is 0.320. The maximum atomic E-state index is 7.68. The van der Waals surface area contributed by atoms with Crippen LogP contribution in [0.3, 0.4) is 0 Å². The third-order valence-electron chi connectivity index (χ3n) is 21.3. The van der Waals surface area contributed by atoms with Gasteiger partial charge in [0, 0.05) is 139 Å². The molecule has 0 saturated carbocycles. The fourth-order valence-electron chi connectivity index (χ4n) is 14.0. The molecular weight excluding hydrogens is 1250 g/mol. The molecule has 0 aliphatic rings. The summed E-state index contributed by atoms with van der Waals surface area (Å²) < 4.78 is 36.2. The molecule has 0 aliphatic heterocycles. The van der Waals surface area contributed by atoms with Gasteiger partial charge in [0.2, 0.25) is 34.2 Å². The number of hydrogen-bond acceptors (Lipinski definition) is 0. The van der Waals surface area contributed by atoms with E-state index in [-0.39, 0.29) is 0 Å². The van der Waals surface area contributed by atoms with Crippen LogP contribution in [0.5, 0.6) is 0 Å². The van der Waals surface area contributed by atoms with E-state index in [9.17, 15) is 0 Å². The maximum Gasteiger partial charge on any atom is 0.216 e. The van der Waals surface area contributed by atoms with Gasteiger partial charge in [-0.2, -0.15) is 27.4 Å². The van der Waals surface area contributed by atoms with Crippen molar-refractivity contribution in [2.24, 2.45) is 42.3 Å². The minimum atomic E-state index is -2.10. The average Bonchev–Trinajstić information content (AvgIpc) is 0.828. The molecule has 0 saturated heterocycles. The van der Waals surface area contributed by atoms with Crippen molar-refractivity contribution in [1.82, 2.24) is 0 Å². The van der Waals surface area contributed by atoms with Crippen LogP contribution in [-0.4, -0.2) is 0 Å². The lowest BCUT2D eigenvalue weighted by atomic mass is 9.94. The van der Waals surface area contributed by atoms with Gasteiger partial charge >= 0.3 is 0 Å². The number of aromatic nitrogens is 6. The summed E-state index contributed by atoms with van der Waals surface area (Å²) in [7, 11) is 12.5. The van der Waals surface area contributed by atoms with Crippen LogP contribution in [0.1, 0.15) is 144 Å². The van der Waals surface area contributed by atoms with E-state index < -0.39 is 6.85 Å². The molecule has 0 radical (unpaired) electrons. The van der Waals surface area contributed by atoms with Gasteiger partial charge in [0.25, 0.3) is 0 Å². The number of rotatable bonds is 6. The third-order valence-corrected chi connectivity index (χ3v) is 21.3. The number of hydrogen-bond donors (Lipinski definition) is 0. The predicted molar refractivity (Wildman–Crippen MR) is 437 cm³/mol. The molecule has 0 N–H and O–H groups in total. The molecule has 103 heavy (non-hydrogen) atoms. The summed E-state index contributed by atoms with van der Waals surface area (Å²) in [6.45, 7) is 49.6. The second-order valence-corrected chi connectivity index (χ2v) is 29.3. The molecule has 0 bridgehead atoms. The largest absolute Gasteiger partial charge is 0.216 e. The van der Waals surface area contributed by atoms with E-state index in [2.05, 4.69) is 369 Å². The molecule has 6 nitrogen and oxygen atoms in total. The van der Waals surface area contributed by atoms with Crippen LogP contribution in [0.25, 0.3) is 67.5 Å². The second-order valence-electron chi connectivity index (χ2n) is 29.3. The first-order valence-corrected chi connectivity index (χ1v) is 36.4. The van der Waals surface area contributed by atoms with Gasteiger partial charge in [-0.15, -0.1) is 0 Å². The molecule has 0 aliphatic carbocycles. The van der Waals surface area contributed by atoms with Crippen LogP contribution in [0, 0.1) is 173 Å². The molecule has 12 rings (SSSR count). The Morgan fingerprint density at radius 2 is 0.515 bits per heavy atom. The number of benzene rings is 6. The predicted octanol–water partition coefficient (Wildman–Crippen LogP) is 20.8. The Balaban J connectivity index is 0.000000178. The first-order valence-electron chi connectivity index (χ1n) is 37.9. The van der Waals surface area contributed by atoms with Crippen molar-refractivity contribution in [2.45, 2.75) is 173 Å². The zero-order valence-corrected chi connectivity index (χ0v) is 68.4. The number of nitrogens with zero attached hydrogens (tertiary/aromatic N) is 6. The summed E-state index contributed by atoms with van der Waals surface area (Å²) in [4.78, 5) is 0. The topological polar surface area (TPSA) is 23.3 Å². The van der Waals surface area contributed by atoms with Gasteiger partial charge < -0.3 is 0 Å². The van der Waals surface area contributed by atoms with Crippen LogP contribution in [-0.2, 0) is 42.3 Å². The molecule has 0 amide bonds. The van der Waals surface area contributed by atoms with Crippen molar-refractivity contribution in [2.75, 3.05) is 0 Å². The molecule has 534 valence electrons. The summed E-state index contributed by atoms with van der Waals surface area (Å²) >= 11 is 0. The van der Waals surface area contributed by atoms with Gasteiger partial charge in [-0.3, -0.25) is 0 Å². The van der Waals surface area contributed by atoms with E-state index >= 15 is 0 Å². The zero-order chi connectivity index (χ0) is 78.8. The van der Waals surface area contributed by atoms with Crippen LogP contribution < -0.4 is 27.4 Å². The first kappa shape index (κ1) is 75.9. The molecule has 12 aromatic rings. The summed E-state index contributed by atoms with van der Waals surface area (Å²) in [5, 5.41) is 0. The second kappa shape index (κ2) is 34.9. The number of aryl methyl sites for hydroxylation is 22. The van der Waals surface area contributed by atoms with E-state index in [1.807, 2.05) is 32.2 Å². The van der Waals surface area contributed by atoms with Crippen molar-refractivity contribution in [3.05, 3.63) is 316 Å². The molecule has 6 heterocycles. The molecular formula is C97H122N6+6. The minimum absolute atomic E-state index is 0.369. The molecule has 0 fully saturated rings. The van der Waals surface area contributed by atoms with Crippen molar-refractivity contribution in [3.8, 4) is 67.5 Å². The number of pyridine rings is 6. The lowest BCUT2D eigenvalue weighted by molar-refractivity contribution is -0.667. The summed E-state index contributed by atoms with van der Waals surface area (Å²) in [5.41, 5.74) is 47.0. The highest BCUT2D eigenvalue weighted by Gasteiger charge is 2.25. The van der Waals surface area contributed by atoms with E-state index in [0.29, 0.717) is 5.69 Å². The SMILES string of the molecule is Cc1cc(C)[n+](C)c(-c2c(C)cccc2C)c1C.Cc1cc(C)[n+](C)c(-c2cccc(C)c2C)c1.Cc1ccc(C)c(-c2c(C)ccc(C)[n+]2C)c1.Cc1ccc(C)c(-c2c(C)ccc(C)[n+]2C)c1.Cc1cccc(C)c1-c1c(C)ccc(C)[n+]1C.[2H]C([2H])([2H])c1cc(C)cc(-c2cccc(C)c2C)[n+]1C. The van der Waals surface area contributed by atoms with Crippen molar-refractivity contribution in [3.63, 3.8) is 0 Å². The quantitative estimate of drug-likeness (QED) is 0.148. The van der Waals surface area contributed by atoms with Crippen LogP contribution in [0.15, 0.2) is 176 Å². The van der Waals surface area contributed by atoms with E-state index in [1.165, 1.54) is 185 Å². The Bertz CT molecular complexity index is 5050.